The molecule has 2 aliphatic heterocycles. The van der Waals surface area contributed by atoms with Crippen molar-refractivity contribution in [1.82, 2.24) is 4.90 Å². The number of carbonyl (C=O) groups is 2. The molecule has 0 radical (unpaired) electrons. The van der Waals surface area contributed by atoms with E-state index in [9.17, 15) is 9.59 Å². The molecule has 3 rings (SSSR count). The summed E-state index contributed by atoms with van der Waals surface area (Å²) in [6, 6.07) is 6.81. The molecule has 1 aromatic rings. The molecule has 2 aliphatic rings. The summed E-state index contributed by atoms with van der Waals surface area (Å²) >= 11 is 0. The van der Waals surface area contributed by atoms with Crippen molar-refractivity contribution in [2.45, 2.75) is 63.8 Å². The normalized spacial score (nSPS) is 24.4. The van der Waals surface area contributed by atoms with Crippen LogP contribution in [0, 0.1) is 0 Å². The van der Waals surface area contributed by atoms with Crippen molar-refractivity contribution in [2.24, 2.45) is 0 Å². The quantitative estimate of drug-likeness (QED) is 0.710. The lowest BCUT2D eigenvalue weighted by Gasteiger charge is -2.40. The first-order valence-corrected chi connectivity index (χ1v) is 10.2. The first-order chi connectivity index (χ1) is 13.7. The van der Waals surface area contributed by atoms with E-state index in [1.165, 1.54) is 0 Å². The van der Waals surface area contributed by atoms with E-state index in [0.29, 0.717) is 24.4 Å². The topological polar surface area (TPSA) is 74.3 Å². The van der Waals surface area contributed by atoms with E-state index in [-0.39, 0.29) is 30.4 Å². The van der Waals surface area contributed by atoms with E-state index in [0.717, 1.165) is 25.7 Å². The van der Waals surface area contributed by atoms with Gasteiger partial charge in [-0.05, 0) is 70.7 Å². The number of likely N-dealkylation sites (tertiary alicyclic amines) is 1. The smallest absolute Gasteiger partial charge is 0.410 e. The van der Waals surface area contributed by atoms with Gasteiger partial charge in [0, 0.05) is 6.54 Å². The number of esters is 1. The third kappa shape index (κ3) is 5.63. The summed E-state index contributed by atoms with van der Waals surface area (Å²) in [5.41, 5.74) is -0.407. The lowest BCUT2D eigenvalue weighted by atomic mass is 9.90. The Morgan fingerprint density at radius 2 is 1.93 bits per heavy atom. The van der Waals surface area contributed by atoms with Gasteiger partial charge < -0.3 is 23.8 Å². The van der Waals surface area contributed by atoms with Gasteiger partial charge in [0.05, 0.1) is 30.9 Å². The molecular formula is C22H31NO6. The van der Waals surface area contributed by atoms with E-state index in [2.05, 4.69) is 0 Å². The van der Waals surface area contributed by atoms with E-state index in [1.54, 1.807) is 36.3 Å². The van der Waals surface area contributed by atoms with Crippen molar-refractivity contribution in [3.8, 4) is 5.75 Å². The van der Waals surface area contributed by atoms with Crippen molar-refractivity contribution in [3.63, 3.8) is 0 Å². The maximum absolute atomic E-state index is 12.4. The predicted molar refractivity (Wildman–Crippen MR) is 107 cm³/mol. The first kappa shape index (κ1) is 21.4. The summed E-state index contributed by atoms with van der Waals surface area (Å²) in [4.78, 5) is 26.4. The molecule has 0 bridgehead atoms. The minimum Gasteiger partial charge on any atom is -0.497 e. The van der Waals surface area contributed by atoms with Gasteiger partial charge in [0.2, 0.25) is 0 Å². The molecule has 0 aliphatic carbocycles. The van der Waals surface area contributed by atoms with Gasteiger partial charge in [-0.3, -0.25) is 0 Å². The van der Waals surface area contributed by atoms with Crippen LogP contribution in [-0.2, 0) is 14.2 Å². The highest BCUT2D eigenvalue weighted by molar-refractivity contribution is 5.89. The van der Waals surface area contributed by atoms with Crippen LogP contribution < -0.4 is 4.74 Å². The third-order valence-corrected chi connectivity index (χ3v) is 5.26. The van der Waals surface area contributed by atoms with Gasteiger partial charge in [-0.25, -0.2) is 9.59 Å². The summed E-state index contributed by atoms with van der Waals surface area (Å²) < 4.78 is 22.3. The van der Waals surface area contributed by atoms with Crippen LogP contribution in [0.5, 0.6) is 5.75 Å². The van der Waals surface area contributed by atoms with Crippen LogP contribution in [0.4, 0.5) is 4.79 Å². The standard InChI is InChI=1S/C22H31NO6/c1-21(2,3)29-20(25)23-13-5-11-22(15-23)12-10-18(28-22)14-27-19(24)16-6-8-17(26-4)9-7-16/h6-9,18H,5,10-15H2,1-4H3/t18-,22-/m1/s1. The van der Waals surface area contributed by atoms with Gasteiger partial charge in [0.15, 0.2) is 0 Å². The van der Waals surface area contributed by atoms with Crippen LogP contribution in [0.3, 0.4) is 0 Å². The molecule has 7 nitrogen and oxygen atoms in total. The van der Waals surface area contributed by atoms with Gasteiger partial charge in [-0.2, -0.15) is 0 Å². The number of ether oxygens (including phenoxy) is 4. The molecule has 2 heterocycles. The molecule has 2 saturated heterocycles. The number of rotatable bonds is 4. The zero-order valence-electron chi connectivity index (χ0n) is 17.7. The molecule has 2 fully saturated rings. The fraction of sp³-hybridized carbons (Fsp3) is 0.636. The van der Waals surface area contributed by atoms with Gasteiger partial charge in [0.25, 0.3) is 0 Å². The average molecular weight is 405 g/mol. The van der Waals surface area contributed by atoms with Crippen molar-refractivity contribution >= 4 is 12.1 Å². The second-order valence-electron chi connectivity index (χ2n) is 8.79. The highest BCUT2D eigenvalue weighted by Gasteiger charge is 2.45. The van der Waals surface area contributed by atoms with Gasteiger partial charge in [-0.15, -0.1) is 0 Å². The second kappa shape index (κ2) is 8.61. The molecule has 29 heavy (non-hydrogen) atoms. The van der Waals surface area contributed by atoms with Crippen molar-refractivity contribution < 1.29 is 28.5 Å². The highest BCUT2D eigenvalue weighted by atomic mass is 16.6. The zero-order valence-corrected chi connectivity index (χ0v) is 17.7. The SMILES string of the molecule is COc1ccc(C(=O)OC[C@H]2CC[C@@]3(CCCN(C(=O)OC(C)(C)C)C3)O2)cc1. The molecule has 7 heteroatoms. The number of hydrogen-bond donors (Lipinski definition) is 0. The minimum atomic E-state index is -0.517. The Balaban J connectivity index is 1.51. The fourth-order valence-corrected chi connectivity index (χ4v) is 3.87. The maximum atomic E-state index is 12.4. The Kier molecular flexibility index (Phi) is 6.36. The van der Waals surface area contributed by atoms with Crippen molar-refractivity contribution in [3.05, 3.63) is 29.8 Å². The number of amides is 1. The average Bonchev–Trinajstić information content (AvgIpc) is 3.07. The van der Waals surface area contributed by atoms with E-state index >= 15 is 0 Å². The summed E-state index contributed by atoms with van der Waals surface area (Å²) in [7, 11) is 1.58. The van der Waals surface area contributed by atoms with Crippen LogP contribution in [0.1, 0.15) is 56.8 Å². The molecule has 0 unspecified atom stereocenters. The molecular weight excluding hydrogens is 374 g/mol. The Morgan fingerprint density at radius 3 is 2.59 bits per heavy atom. The van der Waals surface area contributed by atoms with E-state index < -0.39 is 5.60 Å². The molecule has 160 valence electrons. The number of hydrogen-bond acceptors (Lipinski definition) is 6. The van der Waals surface area contributed by atoms with Crippen molar-refractivity contribution in [2.75, 3.05) is 26.8 Å². The molecule has 1 spiro atoms. The molecule has 1 aromatic carbocycles. The van der Waals surface area contributed by atoms with Crippen LogP contribution in [0.25, 0.3) is 0 Å². The summed E-state index contributed by atoms with van der Waals surface area (Å²) in [5, 5.41) is 0. The third-order valence-electron chi connectivity index (χ3n) is 5.26. The second-order valence-corrected chi connectivity index (χ2v) is 8.79. The molecule has 0 saturated carbocycles. The van der Waals surface area contributed by atoms with E-state index in [1.807, 2.05) is 20.8 Å². The lowest BCUT2D eigenvalue weighted by molar-refractivity contribution is -0.0967. The minimum absolute atomic E-state index is 0.157. The zero-order chi connectivity index (χ0) is 21.1. The Bertz CT molecular complexity index is 726. The summed E-state index contributed by atoms with van der Waals surface area (Å²) in [5.74, 6) is 0.311. The van der Waals surface area contributed by atoms with Crippen LogP contribution in [-0.4, -0.2) is 61.1 Å². The molecule has 0 aromatic heterocycles. The summed E-state index contributed by atoms with van der Waals surface area (Å²) in [6.45, 7) is 7.00. The van der Waals surface area contributed by atoms with Crippen LogP contribution in [0.2, 0.25) is 0 Å². The number of nitrogens with zero attached hydrogens (tertiary/aromatic N) is 1. The Morgan fingerprint density at radius 1 is 1.21 bits per heavy atom. The number of methoxy groups -OCH3 is 1. The van der Waals surface area contributed by atoms with Crippen LogP contribution in [0.15, 0.2) is 24.3 Å². The number of piperidine rings is 1. The Labute approximate surface area is 172 Å². The van der Waals surface area contributed by atoms with Crippen molar-refractivity contribution in [1.29, 1.82) is 0 Å². The highest BCUT2D eigenvalue weighted by Crippen LogP contribution is 2.38. The van der Waals surface area contributed by atoms with Gasteiger partial charge >= 0.3 is 12.1 Å². The first-order valence-electron chi connectivity index (χ1n) is 10.2. The van der Waals surface area contributed by atoms with Crippen LogP contribution >= 0.6 is 0 Å². The number of carbonyl (C=O) groups excluding carboxylic acids is 2. The number of benzene rings is 1. The lowest BCUT2D eigenvalue weighted by Crippen LogP contribution is -2.51. The predicted octanol–water partition coefficient (Wildman–Crippen LogP) is 3.80. The van der Waals surface area contributed by atoms with Gasteiger partial charge in [-0.1, -0.05) is 0 Å². The molecule has 2 atom stereocenters. The fourth-order valence-electron chi connectivity index (χ4n) is 3.87. The largest absolute Gasteiger partial charge is 0.497 e. The van der Waals surface area contributed by atoms with E-state index in [4.69, 9.17) is 18.9 Å². The molecule has 1 amide bonds. The Hall–Kier alpha value is -2.28. The summed E-state index contributed by atoms with van der Waals surface area (Å²) in [6.07, 6.45) is 2.97. The maximum Gasteiger partial charge on any atom is 0.410 e. The monoisotopic (exact) mass is 405 g/mol. The molecule has 0 N–H and O–H groups in total. The van der Waals surface area contributed by atoms with Gasteiger partial charge in [0.1, 0.15) is 18.0 Å².